The van der Waals surface area contributed by atoms with Crippen LogP contribution >= 0.6 is 0 Å². The summed E-state index contributed by atoms with van der Waals surface area (Å²) in [5.41, 5.74) is 1.12. The number of aromatic nitrogens is 2. The quantitative estimate of drug-likeness (QED) is 0.780. The molecule has 1 N–H and O–H groups in total. The van der Waals surface area contributed by atoms with Crippen molar-refractivity contribution < 1.29 is 0 Å². The Hall–Kier alpha value is -1.12. The summed E-state index contributed by atoms with van der Waals surface area (Å²) in [7, 11) is 0. The second-order valence-corrected chi connectivity index (χ2v) is 3.92. The van der Waals surface area contributed by atoms with Crippen LogP contribution < -0.4 is 5.32 Å². The van der Waals surface area contributed by atoms with Crippen molar-refractivity contribution in [1.82, 2.24) is 9.97 Å². The van der Waals surface area contributed by atoms with Crippen molar-refractivity contribution in [3.63, 3.8) is 0 Å². The maximum absolute atomic E-state index is 4.24. The summed E-state index contributed by atoms with van der Waals surface area (Å²) >= 11 is 0. The number of nitrogens with one attached hydrogen (secondary N) is 1. The molecular formula is C11H19N3. The minimum Gasteiger partial charge on any atom is -0.370 e. The van der Waals surface area contributed by atoms with Gasteiger partial charge in [0.05, 0.1) is 0 Å². The summed E-state index contributed by atoms with van der Waals surface area (Å²) in [5, 5.41) is 3.26. The van der Waals surface area contributed by atoms with Crippen LogP contribution in [0.3, 0.4) is 0 Å². The maximum atomic E-state index is 4.24. The van der Waals surface area contributed by atoms with Gasteiger partial charge in [-0.3, -0.25) is 0 Å². The third-order valence-electron chi connectivity index (χ3n) is 1.90. The van der Waals surface area contributed by atoms with Crippen LogP contribution in [0, 0.1) is 5.92 Å². The van der Waals surface area contributed by atoms with E-state index < -0.39 is 0 Å². The van der Waals surface area contributed by atoms with Crippen LogP contribution in [0.25, 0.3) is 0 Å². The third kappa shape index (κ3) is 3.73. The highest BCUT2D eigenvalue weighted by atomic mass is 15.0. The highest BCUT2D eigenvalue weighted by Crippen LogP contribution is 2.08. The zero-order chi connectivity index (χ0) is 10.4. The average Bonchev–Trinajstić information content (AvgIpc) is 2.14. The summed E-state index contributed by atoms with van der Waals surface area (Å²) in [5.74, 6) is 1.58. The summed E-state index contributed by atoms with van der Waals surface area (Å²) in [6.07, 6.45) is 3.77. The van der Waals surface area contributed by atoms with Gasteiger partial charge in [0, 0.05) is 18.3 Å². The van der Waals surface area contributed by atoms with Gasteiger partial charge in [-0.15, -0.1) is 0 Å². The molecule has 78 valence electrons. The van der Waals surface area contributed by atoms with Gasteiger partial charge < -0.3 is 5.32 Å². The molecule has 0 aromatic carbocycles. The molecule has 0 spiro atoms. The van der Waals surface area contributed by atoms with E-state index in [4.69, 9.17) is 0 Å². The van der Waals surface area contributed by atoms with E-state index >= 15 is 0 Å². The standard InChI is InChI=1S/C11H19N3/c1-4-5-12-11-7-10(6-9(2)3)13-8-14-11/h7-9H,4-6H2,1-3H3,(H,12,13,14). The normalized spacial score (nSPS) is 10.6. The van der Waals surface area contributed by atoms with E-state index in [0.717, 1.165) is 30.9 Å². The second kappa shape index (κ2) is 5.58. The van der Waals surface area contributed by atoms with Crippen LogP contribution in [-0.2, 0) is 6.42 Å². The molecule has 1 aromatic rings. The Kier molecular flexibility index (Phi) is 4.36. The highest BCUT2D eigenvalue weighted by Gasteiger charge is 2.00. The Balaban J connectivity index is 2.59. The maximum Gasteiger partial charge on any atom is 0.129 e. The molecule has 0 aliphatic rings. The highest BCUT2D eigenvalue weighted by molar-refractivity contribution is 5.34. The summed E-state index contributed by atoms with van der Waals surface area (Å²) < 4.78 is 0. The van der Waals surface area contributed by atoms with Crippen LogP contribution in [0.4, 0.5) is 5.82 Å². The third-order valence-corrected chi connectivity index (χ3v) is 1.90. The minimum absolute atomic E-state index is 0.643. The summed E-state index contributed by atoms with van der Waals surface area (Å²) in [6, 6.07) is 2.04. The van der Waals surface area contributed by atoms with Gasteiger partial charge in [0.2, 0.25) is 0 Å². The van der Waals surface area contributed by atoms with Crippen molar-refractivity contribution in [3.8, 4) is 0 Å². The van der Waals surface area contributed by atoms with Gasteiger partial charge in [0.1, 0.15) is 12.1 Å². The number of hydrogen-bond acceptors (Lipinski definition) is 3. The molecule has 1 heterocycles. The first-order valence-electron chi connectivity index (χ1n) is 5.27. The number of nitrogens with zero attached hydrogens (tertiary/aromatic N) is 2. The molecule has 0 saturated heterocycles. The first kappa shape index (κ1) is 11.0. The molecule has 0 bridgehead atoms. The van der Waals surface area contributed by atoms with Gasteiger partial charge in [0.15, 0.2) is 0 Å². The van der Waals surface area contributed by atoms with Crippen molar-refractivity contribution in [1.29, 1.82) is 0 Å². The molecule has 14 heavy (non-hydrogen) atoms. The van der Waals surface area contributed by atoms with E-state index in [0.29, 0.717) is 5.92 Å². The average molecular weight is 193 g/mol. The van der Waals surface area contributed by atoms with Crippen LogP contribution in [0.15, 0.2) is 12.4 Å². The van der Waals surface area contributed by atoms with Crippen molar-refractivity contribution >= 4 is 5.82 Å². The van der Waals surface area contributed by atoms with Gasteiger partial charge in [0.25, 0.3) is 0 Å². The molecule has 1 aromatic heterocycles. The van der Waals surface area contributed by atoms with Crippen molar-refractivity contribution in [3.05, 3.63) is 18.1 Å². The van der Waals surface area contributed by atoms with Gasteiger partial charge in [-0.2, -0.15) is 0 Å². The van der Waals surface area contributed by atoms with E-state index in [1.165, 1.54) is 0 Å². The SMILES string of the molecule is CCCNc1cc(CC(C)C)ncn1. The largest absolute Gasteiger partial charge is 0.370 e. The first-order chi connectivity index (χ1) is 6.72. The molecule has 0 saturated carbocycles. The van der Waals surface area contributed by atoms with E-state index in [9.17, 15) is 0 Å². The molecule has 0 aliphatic carbocycles. The van der Waals surface area contributed by atoms with Gasteiger partial charge in [-0.05, 0) is 18.8 Å². The van der Waals surface area contributed by atoms with Crippen molar-refractivity contribution in [2.75, 3.05) is 11.9 Å². The molecule has 0 atom stereocenters. The Bertz CT molecular complexity index is 271. The van der Waals surface area contributed by atoms with E-state index in [2.05, 4.69) is 36.1 Å². The molecule has 3 heteroatoms. The molecule has 0 radical (unpaired) electrons. The van der Waals surface area contributed by atoms with Crippen molar-refractivity contribution in [2.24, 2.45) is 5.92 Å². The van der Waals surface area contributed by atoms with Crippen molar-refractivity contribution in [2.45, 2.75) is 33.6 Å². The Morgan fingerprint density at radius 3 is 2.79 bits per heavy atom. The predicted molar refractivity (Wildman–Crippen MR) is 59.4 cm³/mol. The predicted octanol–water partition coefficient (Wildman–Crippen LogP) is 2.50. The number of hydrogen-bond donors (Lipinski definition) is 1. The van der Waals surface area contributed by atoms with E-state index in [1.807, 2.05) is 6.07 Å². The first-order valence-corrected chi connectivity index (χ1v) is 5.27. The fourth-order valence-corrected chi connectivity index (χ4v) is 1.28. The van der Waals surface area contributed by atoms with Crippen LogP contribution in [-0.4, -0.2) is 16.5 Å². The lowest BCUT2D eigenvalue weighted by atomic mass is 10.1. The smallest absolute Gasteiger partial charge is 0.129 e. The molecule has 0 fully saturated rings. The molecule has 0 aliphatic heterocycles. The fourth-order valence-electron chi connectivity index (χ4n) is 1.28. The lowest BCUT2D eigenvalue weighted by Gasteiger charge is -2.06. The molecule has 3 nitrogen and oxygen atoms in total. The Morgan fingerprint density at radius 2 is 2.14 bits per heavy atom. The molecule has 1 rings (SSSR count). The number of rotatable bonds is 5. The zero-order valence-electron chi connectivity index (χ0n) is 9.25. The van der Waals surface area contributed by atoms with Crippen LogP contribution in [0.5, 0.6) is 0 Å². The molecule has 0 unspecified atom stereocenters. The number of anilines is 1. The van der Waals surface area contributed by atoms with Crippen LogP contribution in [0.1, 0.15) is 32.9 Å². The summed E-state index contributed by atoms with van der Waals surface area (Å²) in [6.45, 7) is 7.50. The zero-order valence-corrected chi connectivity index (χ0v) is 9.25. The monoisotopic (exact) mass is 193 g/mol. The van der Waals surface area contributed by atoms with Crippen LogP contribution in [0.2, 0.25) is 0 Å². The van der Waals surface area contributed by atoms with E-state index in [1.54, 1.807) is 6.33 Å². The Labute approximate surface area is 86.0 Å². The van der Waals surface area contributed by atoms with Gasteiger partial charge in [-0.1, -0.05) is 20.8 Å². The van der Waals surface area contributed by atoms with Gasteiger partial charge >= 0.3 is 0 Å². The van der Waals surface area contributed by atoms with E-state index in [-0.39, 0.29) is 0 Å². The lowest BCUT2D eigenvalue weighted by molar-refractivity contribution is 0.634. The Morgan fingerprint density at radius 1 is 1.36 bits per heavy atom. The summed E-state index contributed by atoms with van der Waals surface area (Å²) in [4.78, 5) is 8.40. The molecular weight excluding hydrogens is 174 g/mol. The molecule has 0 amide bonds. The topological polar surface area (TPSA) is 37.8 Å². The fraction of sp³-hybridized carbons (Fsp3) is 0.636. The second-order valence-electron chi connectivity index (χ2n) is 3.92. The van der Waals surface area contributed by atoms with Gasteiger partial charge in [-0.25, -0.2) is 9.97 Å². The minimum atomic E-state index is 0.643. The lowest BCUT2D eigenvalue weighted by Crippen LogP contribution is -2.04.